The van der Waals surface area contributed by atoms with E-state index in [1.165, 1.54) is 0 Å². The van der Waals surface area contributed by atoms with Crippen molar-refractivity contribution >= 4 is 23.7 Å². The molecule has 0 aromatic heterocycles. The molecule has 0 spiro atoms. The highest BCUT2D eigenvalue weighted by Crippen LogP contribution is 2.45. The molecule has 0 radical (unpaired) electrons. The van der Waals surface area contributed by atoms with Gasteiger partial charge >= 0.3 is 6.03 Å². The molecule has 0 unspecified atom stereocenters. The van der Waals surface area contributed by atoms with Gasteiger partial charge in [-0.1, -0.05) is 13.0 Å². The van der Waals surface area contributed by atoms with Crippen molar-refractivity contribution in [1.82, 2.24) is 15.1 Å². The van der Waals surface area contributed by atoms with Crippen LogP contribution in [0.5, 0.6) is 11.5 Å². The Bertz CT molecular complexity index is 698. The van der Waals surface area contributed by atoms with Gasteiger partial charge in [0.15, 0.2) is 11.5 Å². The van der Waals surface area contributed by atoms with Gasteiger partial charge in [-0.25, -0.2) is 4.79 Å². The minimum absolute atomic E-state index is 0.0721. The molecule has 2 atom stereocenters. The Morgan fingerprint density at radius 1 is 1.29 bits per heavy atom. The fourth-order valence-corrected chi connectivity index (χ4v) is 4.48. The van der Waals surface area contributed by atoms with Crippen LogP contribution in [0.2, 0.25) is 0 Å². The van der Waals surface area contributed by atoms with Crippen LogP contribution in [0.4, 0.5) is 4.79 Å². The van der Waals surface area contributed by atoms with Crippen molar-refractivity contribution < 1.29 is 19.1 Å². The Morgan fingerprint density at radius 3 is 2.54 bits per heavy atom. The van der Waals surface area contributed by atoms with Crippen LogP contribution >= 0.6 is 11.8 Å². The zero-order valence-electron chi connectivity index (χ0n) is 17.5. The molecule has 1 aliphatic heterocycles. The summed E-state index contributed by atoms with van der Waals surface area (Å²) in [6.07, 6.45) is 0.771. The molecule has 1 N–H and O–H groups in total. The number of amides is 3. The number of carbonyl (C=O) groups excluding carboxylic acids is 2. The zero-order chi connectivity index (χ0) is 20.8. The van der Waals surface area contributed by atoms with E-state index in [4.69, 9.17) is 9.47 Å². The summed E-state index contributed by atoms with van der Waals surface area (Å²) < 4.78 is 10.7. The number of carbonyl (C=O) groups is 2. The van der Waals surface area contributed by atoms with E-state index < -0.39 is 0 Å². The van der Waals surface area contributed by atoms with E-state index in [-0.39, 0.29) is 28.6 Å². The highest BCUT2D eigenvalue weighted by Gasteiger charge is 2.40. The maximum atomic E-state index is 12.9. The summed E-state index contributed by atoms with van der Waals surface area (Å²) in [4.78, 5) is 28.5. The largest absolute Gasteiger partial charge is 0.493 e. The first-order valence-corrected chi connectivity index (χ1v) is 10.5. The highest BCUT2D eigenvalue weighted by atomic mass is 32.2. The number of nitrogens with zero attached hydrogens (tertiary/aromatic N) is 2. The molecule has 28 heavy (non-hydrogen) atoms. The van der Waals surface area contributed by atoms with Crippen LogP contribution in [0.15, 0.2) is 18.2 Å². The van der Waals surface area contributed by atoms with Crippen LogP contribution in [0.25, 0.3) is 0 Å². The summed E-state index contributed by atoms with van der Waals surface area (Å²) in [7, 11) is 4.94. The Kier molecular flexibility index (Phi) is 7.86. The molecule has 1 aliphatic rings. The van der Waals surface area contributed by atoms with Crippen molar-refractivity contribution in [3.8, 4) is 11.5 Å². The Balaban J connectivity index is 2.18. The van der Waals surface area contributed by atoms with E-state index >= 15 is 0 Å². The topological polar surface area (TPSA) is 71.1 Å². The Morgan fingerprint density at radius 2 is 1.96 bits per heavy atom. The molecule has 3 amide bonds. The summed E-state index contributed by atoms with van der Waals surface area (Å²) in [5.41, 5.74) is 0.987. The average molecular weight is 410 g/mol. The maximum absolute atomic E-state index is 12.9. The van der Waals surface area contributed by atoms with Gasteiger partial charge in [0.2, 0.25) is 5.91 Å². The summed E-state index contributed by atoms with van der Waals surface area (Å²) >= 11 is 1.64. The van der Waals surface area contributed by atoms with E-state index in [1.54, 1.807) is 37.9 Å². The van der Waals surface area contributed by atoms with Crippen LogP contribution < -0.4 is 14.8 Å². The molecular formula is C20H31N3O4S. The van der Waals surface area contributed by atoms with Crippen molar-refractivity contribution in [2.45, 2.75) is 43.9 Å². The predicted octanol–water partition coefficient (Wildman–Crippen LogP) is 3.11. The average Bonchev–Trinajstić information content (AvgIpc) is 3.00. The van der Waals surface area contributed by atoms with Gasteiger partial charge in [0.05, 0.1) is 19.5 Å². The van der Waals surface area contributed by atoms with Gasteiger partial charge in [-0.15, -0.1) is 11.8 Å². The minimum atomic E-state index is -0.135. The van der Waals surface area contributed by atoms with Gasteiger partial charge in [0.25, 0.3) is 0 Å². The molecule has 0 saturated carbocycles. The van der Waals surface area contributed by atoms with Gasteiger partial charge in [0.1, 0.15) is 5.37 Å². The minimum Gasteiger partial charge on any atom is -0.493 e. The molecule has 0 bridgehead atoms. The lowest BCUT2D eigenvalue weighted by Gasteiger charge is -2.27. The van der Waals surface area contributed by atoms with E-state index in [1.807, 2.05) is 43.9 Å². The van der Waals surface area contributed by atoms with Crippen molar-refractivity contribution in [2.75, 3.05) is 34.4 Å². The smallest absolute Gasteiger partial charge is 0.317 e. The van der Waals surface area contributed by atoms with Crippen LogP contribution in [-0.4, -0.2) is 67.4 Å². The molecule has 156 valence electrons. The molecule has 1 fully saturated rings. The van der Waals surface area contributed by atoms with Crippen molar-refractivity contribution in [3.63, 3.8) is 0 Å². The van der Waals surface area contributed by atoms with E-state index in [0.717, 1.165) is 12.0 Å². The van der Waals surface area contributed by atoms with E-state index in [9.17, 15) is 9.59 Å². The number of nitrogens with one attached hydrogen (secondary N) is 1. The predicted molar refractivity (Wildman–Crippen MR) is 112 cm³/mol. The molecule has 1 aromatic rings. The number of benzene rings is 1. The number of hydrogen-bond acceptors (Lipinski definition) is 5. The number of hydrogen-bond donors (Lipinski definition) is 1. The standard InChI is InChI=1S/C20H31N3O4S/c1-7-17-18(24)23(11-10-22(4)20(25)21-13(2)3)19(28-17)14-8-9-15(26-5)16(12-14)27-6/h8-9,12-13,17,19H,7,10-11H2,1-6H3,(H,21,25)/t17-,19-/m1/s1. The fraction of sp³-hybridized carbons (Fsp3) is 0.600. The van der Waals surface area contributed by atoms with Gasteiger partial charge in [-0.3, -0.25) is 4.79 Å². The molecule has 7 nitrogen and oxygen atoms in total. The first-order valence-electron chi connectivity index (χ1n) is 9.51. The lowest BCUT2D eigenvalue weighted by Crippen LogP contribution is -2.44. The summed E-state index contributed by atoms with van der Waals surface area (Å²) in [5, 5.41) is 2.68. The number of likely N-dealkylation sites (N-methyl/N-ethyl adjacent to an activating group) is 1. The Hall–Kier alpha value is -2.09. The summed E-state index contributed by atoms with van der Waals surface area (Å²) in [5.74, 6) is 1.41. The van der Waals surface area contributed by atoms with Crippen LogP contribution in [-0.2, 0) is 4.79 Å². The second kappa shape index (κ2) is 9.91. The third-order valence-electron chi connectivity index (χ3n) is 4.63. The van der Waals surface area contributed by atoms with E-state index in [0.29, 0.717) is 24.6 Å². The zero-order valence-corrected chi connectivity index (χ0v) is 18.3. The van der Waals surface area contributed by atoms with Crippen molar-refractivity contribution in [3.05, 3.63) is 23.8 Å². The number of ether oxygens (including phenoxy) is 2. The molecule has 8 heteroatoms. The molecule has 1 aromatic carbocycles. The van der Waals surface area contributed by atoms with Crippen LogP contribution in [0.1, 0.15) is 38.1 Å². The molecule has 1 saturated heterocycles. The van der Waals surface area contributed by atoms with Crippen LogP contribution in [0, 0.1) is 0 Å². The lowest BCUT2D eigenvalue weighted by molar-refractivity contribution is -0.130. The van der Waals surface area contributed by atoms with Gasteiger partial charge in [0, 0.05) is 26.2 Å². The molecule has 0 aliphatic carbocycles. The first kappa shape index (κ1) is 22.2. The molecule has 1 heterocycles. The highest BCUT2D eigenvalue weighted by molar-refractivity contribution is 8.01. The maximum Gasteiger partial charge on any atom is 0.317 e. The van der Waals surface area contributed by atoms with Gasteiger partial charge < -0.3 is 24.6 Å². The first-order chi connectivity index (χ1) is 13.3. The normalized spacial score (nSPS) is 19.1. The second-order valence-corrected chi connectivity index (χ2v) is 8.34. The second-order valence-electron chi connectivity index (χ2n) is 7.06. The number of thioether (sulfide) groups is 1. The number of urea groups is 1. The summed E-state index contributed by atoms with van der Waals surface area (Å²) in [6, 6.07) is 5.68. The lowest BCUT2D eigenvalue weighted by atomic mass is 10.1. The SMILES string of the molecule is CC[C@H]1S[C@H](c2ccc(OC)c(OC)c2)N(CCN(C)C(=O)NC(C)C)C1=O. The van der Waals surface area contributed by atoms with Gasteiger partial charge in [-0.2, -0.15) is 0 Å². The van der Waals surface area contributed by atoms with Crippen molar-refractivity contribution in [2.24, 2.45) is 0 Å². The summed E-state index contributed by atoms with van der Waals surface area (Å²) in [6.45, 7) is 6.80. The monoisotopic (exact) mass is 409 g/mol. The van der Waals surface area contributed by atoms with E-state index in [2.05, 4.69) is 5.32 Å². The quantitative estimate of drug-likeness (QED) is 0.714. The fourth-order valence-electron chi connectivity index (χ4n) is 3.07. The number of methoxy groups -OCH3 is 2. The third kappa shape index (κ3) is 5.04. The van der Waals surface area contributed by atoms with Crippen LogP contribution in [0.3, 0.4) is 0 Å². The number of rotatable bonds is 8. The molecule has 2 rings (SSSR count). The van der Waals surface area contributed by atoms with Crippen molar-refractivity contribution in [1.29, 1.82) is 0 Å². The third-order valence-corrected chi connectivity index (χ3v) is 6.28. The Labute approximate surface area is 171 Å². The molecular weight excluding hydrogens is 378 g/mol. The van der Waals surface area contributed by atoms with Gasteiger partial charge in [-0.05, 0) is 38.0 Å².